The van der Waals surface area contributed by atoms with Gasteiger partial charge in [0.1, 0.15) is 0 Å². The largest absolute Gasteiger partial charge is 0.272 e. The number of pyridine rings is 1. The summed E-state index contributed by atoms with van der Waals surface area (Å²) in [5.74, 6) is 0.873. The molecular weight excluding hydrogens is 266 g/mol. The van der Waals surface area contributed by atoms with E-state index >= 15 is 0 Å². The smallest absolute Gasteiger partial charge is 0.153 e. The highest BCUT2D eigenvalue weighted by atomic mass is 15.5. The van der Waals surface area contributed by atoms with Gasteiger partial charge in [0.2, 0.25) is 0 Å². The van der Waals surface area contributed by atoms with Gasteiger partial charge in [0.05, 0.1) is 6.54 Å². The molecule has 7 nitrogen and oxygen atoms in total. The van der Waals surface area contributed by atoms with E-state index in [2.05, 4.69) is 25.6 Å². The van der Waals surface area contributed by atoms with Gasteiger partial charge in [0.25, 0.3) is 0 Å². The van der Waals surface area contributed by atoms with Crippen molar-refractivity contribution >= 4 is 0 Å². The Hall–Kier alpha value is -2.57. The van der Waals surface area contributed by atoms with Crippen molar-refractivity contribution < 1.29 is 0 Å². The van der Waals surface area contributed by atoms with Gasteiger partial charge in [-0.15, -0.1) is 5.10 Å². The minimum atomic E-state index is 0.734. The summed E-state index contributed by atoms with van der Waals surface area (Å²) in [4.78, 5) is 4.49. The van der Waals surface area contributed by atoms with Gasteiger partial charge in [-0.1, -0.05) is 6.07 Å². The third-order valence-corrected chi connectivity index (χ3v) is 3.26. The van der Waals surface area contributed by atoms with Gasteiger partial charge in [-0.3, -0.25) is 9.67 Å². The molecule has 3 aromatic heterocycles. The maximum absolute atomic E-state index is 4.49. The van der Waals surface area contributed by atoms with Crippen molar-refractivity contribution in [3.63, 3.8) is 0 Å². The summed E-state index contributed by atoms with van der Waals surface area (Å²) in [5.41, 5.74) is 2.09. The van der Waals surface area contributed by atoms with Crippen LogP contribution in [0.15, 0.2) is 36.7 Å². The molecule has 7 heteroatoms. The predicted molar refractivity (Wildman–Crippen MR) is 76.4 cm³/mol. The second-order valence-corrected chi connectivity index (χ2v) is 4.86. The van der Waals surface area contributed by atoms with E-state index in [1.807, 2.05) is 46.7 Å². The van der Waals surface area contributed by atoms with E-state index in [9.17, 15) is 0 Å². The van der Waals surface area contributed by atoms with Crippen LogP contribution in [0.2, 0.25) is 0 Å². The third-order valence-electron chi connectivity index (χ3n) is 3.26. The first kappa shape index (κ1) is 13.4. The number of hydrogen-bond acceptors (Lipinski definition) is 5. The summed E-state index contributed by atoms with van der Waals surface area (Å²) in [7, 11) is 0. The van der Waals surface area contributed by atoms with Gasteiger partial charge < -0.3 is 0 Å². The van der Waals surface area contributed by atoms with Crippen molar-refractivity contribution in [2.24, 2.45) is 0 Å². The summed E-state index contributed by atoms with van der Waals surface area (Å²) in [6.45, 7) is 3.50. The molecule has 0 aliphatic rings. The van der Waals surface area contributed by atoms with Crippen LogP contribution >= 0.6 is 0 Å². The number of aryl methyl sites for hydroxylation is 5. The Labute approximate surface area is 122 Å². The summed E-state index contributed by atoms with van der Waals surface area (Å²) < 4.78 is 3.72. The van der Waals surface area contributed by atoms with Gasteiger partial charge in [-0.25, -0.2) is 4.68 Å². The number of aromatic nitrogens is 7. The number of rotatable bonds is 6. The minimum absolute atomic E-state index is 0.734. The lowest BCUT2D eigenvalue weighted by molar-refractivity contribution is 0.531. The van der Waals surface area contributed by atoms with Crippen LogP contribution in [0.25, 0.3) is 0 Å². The van der Waals surface area contributed by atoms with Crippen molar-refractivity contribution in [2.75, 3.05) is 0 Å². The van der Waals surface area contributed by atoms with Gasteiger partial charge in [-0.2, -0.15) is 5.10 Å². The molecule has 0 aliphatic carbocycles. The zero-order chi connectivity index (χ0) is 14.5. The average Bonchev–Trinajstić information content (AvgIpc) is 3.14. The van der Waals surface area contributed by atoms with Crippen molar-refractivity contribution in [1.82, 2.24) is 35.0 Å². The standard InChI is InChI=1S/C14H17N7/c1-12-4-2-5-13(16-12)6-11-21-14(17-18-19-21)7-10-20-9-3-8-15-20/h2-5,8-9H,6-7,10-11H2,1H3. The van der Waals surface area contributed by atoms with E-state index in [4.69, 9.17) is 0 Å². The second-order valence-electron chi connectivity index (χ2n) is 4.86. The van der Waals surface area contributed by atoms with Crippen LogP contribution < -0.4 is 0 Å². The van der Waals surface area contributed by atoms with Crippen LogP contribution in [0, 0.1) is 6.92 Å². The van der Waals surface area contributed by atoms with Crippen LogP contribution in [0.1, 0.15) is 17.2 Å². The molecule has 0 spiro atoms. The Morgan fingerprint density at radius 3 is 2.86 bits per heavy atom. The van der Waals surface area contributed by atoms with Crippen LogP contribution in [-0.4, -0.2) is 35.0 Å². The first-order chi connectivity index (χ1) is 10.3. The van der Waals surface area contributed by atoms with E-state index in [0.717, 1.165) is 43.1 Å². The number of hydrogen-bond donors (Lipinski definition) is 0. The number of nitrogens with zero attached hydrogens (tertiary/aromatic N) is 7. The first-order valence-corrected chi connectivity index (χ1v) is 6.96. The Kier molecular flexibility index (Phi) is 3.99. The topological polar surface area (TPSA) is 74.3 Å². The molecule has 0 aromatic carbocycles. The number of tetrazole rings is 1. The van der Waals surface area contributed by atoms with E-state index < -0.39 is 0 Å². The fourth-order valence-corrected chi connectivity index (χ4v) is 2.18. The van der Waals surface area contributed by atoms with E-state index in [-0.39, 0.29) is 0 Å². The molecular formula is C14H17N7. The minimum Gasteiger partial charge on any atom is -0.272 e. The van der Waals surface area contributed by atoms with E-state index in [1.54, 1.807) is 6.20 Å². The predicted octanol–water partition coefficient (Wildman–Crippen LogP) is 1.06. The molecule has 21 heavy (non-hydrogen) atoms. The average molecular weight is 283 g/mol. The summed E-state index contributed by atoms with van der Waals surface area (Å²) in [6, 6.07) is 7.96. The van der Waals surface area contributed by atoms with Crippen LogP contribution in [-0.2, 0) is 25.9 Å². The lowest BCUT2D eigenvalue weighted by atomic mass is 10.2. The SMILES string of the molecule is Cc1cccc(CCn2nnnc2CCn2cccn2)n1. The fourth-order valence-electron chi connectivity index (χ4n) is 2.18. The Bertz CT molecular complexity index is 687. The van der Waals surface area contributed by atoms with Gasteiger partial charge in [-0.05, 0) is 35.5 Å². The van der Waals surface area contributed by atoms with Gasteiger partial charge in [0.15, 0.2) is 5.82 Å². The Morgan fingerprint density at radius 2 is 2.05 bits per heavy atom. The molecule has 0 unspecified atom stereocenters. The molecule has 0 saturated carbocycles. The first-order valence-electron chi connectivity index (χ1n) is 6.96. The van der Waals surface area contributed by atoms with Gasteiger partial charge >= 0.3 is 0 Å². The summed E-state index contributed by atoms with van der Waals surface area (Å²) in [5, 5.41) is 16.1. The van der Waals surface area contributed by atoms with Crippen LogP contribution in [0.4, 0.5) is 0 Å². The highest BCUT2D eigenvalue weighted by Crippen LogP contribution is 2.03. The Balaban J connectivity index is 1.60. The molecule has 0 saturated heterocycles. The van der Waals surface area contributed by atoms with Crippen LogP contribution in [0.5, 0.6) is 0 Å². The highest BCUT2D eigenvalue weighted by molar-refractivity contribution is 5.09. The molecule has 0 radical (unpaired) electrons. The van der Waals surface area contributed by atoms with Gasteiger partial charge in [0, 0.05) is 43.2 Å². The molecule has 0 atom stereocenters. The van der Waals surface area contributed by atoms with Crippen molar-refractivity contribution in [3.8, 4) is 0 Å². The molecule has 0 fully saturated rings. The molecule has 0 N–H and O–H groups in total. The lowest BCUT2D eigenvalue weighted by Gasteiger charge is -2.05. The Morgan fingerprint density at radius 1 is 1.10 bits per heavy atom. The van der Waals surface area contributed by atoms with Crippen molar-refractivity contribution in [2.45, 2.75) is 32.9 Å². The van der Waals surface area contributed by atoms with Crippen molar-refractivity contribution in [1.29, 1.82) is 0 Å². The molecule has 0 aliphatic heterocycles. The van der Waals surface area contributed by atoms with Crippen molar-refractivity contribution in [3.05, 3.63) is 53.9 Å². The summed E-state index contributed by atoms with van der Waals surface area (Å²) in [6.07, 6.45) is 5.29. The molecule has 3 aromatic rings. The highest BCUT2D eigenvalue weighted by Gasteiger charge is 2.07. The maximum atomic E-state index is 4.49. The van der Waals surface area contributed by atoms with E-state index in [0.29, 0.717) is 0 Å². The lowest BCUT2D eigenvalue weighted by Crippen LogP contribution is -2.12. The zero-order valence-corrected chi connectivity index (χ0v) is 11.9. The fraction of sp³-hybridized carbons (Fsp3) is 0.357. The third kappa shape index (κ3) is 3.50. The molecule has 3 rings (SSSR count). The molecule has 0 bridgehead atoms. The van der Waals surface area contributed by atoms with Crippen LogP contribution in [0.3, 0.4) is 0 Å². The second kappa shape index (κ2) is 6.25. The summed E-state index contributed by atoms with van der Waals surface area (Å²) >= 11 is 0. The normalized spacial score (nSPS) is 10.9. The van der Waals surface area contributed by atoms with E-state index in [1.165, 1.54) is 0 Å². The quantitative estimate of drug-likeness (QED) is 0.676. The monoisotopic (exact) mass is 283 g/mol. The molecule has 3 heterocycles. The molecule has 108 valence electrons. The maximum Gasteiger partial charge on any atom is 0.153 e. The molecule has 0 amide bonds. The zero-order valence-electron chi connectivity index (χ0n) is 11.9.